The molecule has 0 saturated heterocycles. The molecule has 6 heteroatoms. The van der Waals surface area contributed by atoms with Crippen LogP contribution in [0.3, 0.4) is 0 Å². The van der Waals surface area contributed by atoms with Crippen molar-refractivity contribution in [2.24, 2.45) is 11.5 Å². The molecule has 1 aliphatic heterocycles. The minimum atomic E-state index is -0.848. The molecule has 5 nitrogen and oxygen atoms in total. The zero-order valence-corrected chi connectivity index (χ0v) is 10.7. The molecule has 2 rings (SSSR count). The van der Waals surface area contributed by atoms with Gasteiger partial charge >= 0.3 is 0 Å². The first-order valence-electron chi connectivity index (χ1n) is 5.53. The summed E-state index contributed by atoms with van der Waals surface area (Å²) in [7, 11) is 0. The van der Waals surface area contributed by atoms with Crippen molar-refractivity contribution in [3.63, 3.8) is 0 Å². The molecule has 0 radical (unpaired) electrons. The highest BCUT2D eigenvalue weighted by atomic mass is 35.5. The third kappa shape index (κ3) is 2.80. The maximum absolute atomic E-state index is 12.0. The Labute approximate surface area is 112 Å². The van der Waals surface area contributed by atoms with Crippen LogP contribution in [0.5, 0.6) is 0 Å². The fraction of sp³-hybridized carbons (Fsp3) is 0.333. The molecule has 1 aromatic carbocycles. The first kappa shape index (κ1) is 14.5. The normalized spacial score (nSPS) is 14.6. The van der Waals surface area contributed by atoms with E-state index < -0.39 is 11.9 Å². The van der Waals surface area contributed by atoms with Gasteiger partial charge in [-0.3, -0.25) is 9.59 Å². The molecule has 0 aliphatic carbocycles. The van der Waals surface area contributed by atoms with Gasteiger partial charge in [-0.25, -0.2) is 0 Å². The molecular weight excluding hydrogens is 254 g/mol. The lowest BCUT2D eigenvalue weighted by Gasteiger charge is -2.20. The lowest BCUT2D eigenvalue weighted by molar-refractivity contribution is -0.124. The highest BCUT2D eigenvalue weighted by Crippen LogP contribution is 2.27. The summed E-state index contributed by atoms with van der Waals surface area (Å²) in [5, 5.41) is 0. The molecular formula is C12H16ClN3O2. The van der Waals surface area contributed by atoms with Crippen LogP contribution in [0.2, 0.25) is 0 Å². The van der Waals surface area contributed by atoms with Gasteiger partial charge in [0.05, 0.1) is 12.5 Å². The highest BCUT2D eigenvalue weighted by molar-refractivity contribution is 6.00. The van der Waals surface area contributed by atoms with Gasteiger partial charge in [0, 0.05) is 12.2 Å². The van der Waals surface area contributed by atoms with Gasteiger partial charge < -0.3 is 16.4 Å². The summed E-state index contributed by atoms with van der Waals surface area (Å²) in [6.45, 7) is 0.616. The summed E-state index contributed by atoms with van der Waals surface area (Å²) in [5.41, 5.74) is 12.7. The summed E-state index contributed by atoms with van der Waals surface area (Å²) in [5.74, 6) is -0.799. The molecule has 0 fully saturated rings. The number of benzene rings is 1. The van der Waals surface area contributed by atoms with Crippen molar-refractivity contribution >= 4 is 29.9 Å². The summed E-state index contributed by atoms with van der Waals surface area (Å²) >= 11 is 0. The third-order valence-electron chi connectivity index (χ3n) is 2.89. The molecule has 18 heavy (non-hydrogen) atoms. The molecule has 0 aromatic heterocycles. The second kappa shape index (κ2) is 5.84. The van der Waals surface area contributed by atoms with E-state index in [0.29, 0.717) is 6.54 Å². The van der Waals surface area contributed by atoms with Gasteiger partial charge in [-0.15, -0.1) is 12.4 Å². The molecule has 1 aliphatic rings. The van der Waals surface area contributed by atoms with Crippen molar-refractivity contribution in [1.82, 2.24) is 0 Å². The monoisotopic (exact) mass is 269 g/mol. The Kier molecular flexibility index (Phi) is 4.69. The van der Waals surface area contributed by atoms with Crippen LogP contribution in [0.1, 0.15) is 12.0 Å². The van der Waals surface area contributed by atoms with Crippen LogP contribution in [-0.2, 0) is 16.0 Å². The molecule has 1 aromatic rings. The lowest BCUT2D eigenvalue weighted by Crippen LogP contribution is -2.45. The second-order valence-electron chi connectivity index (χ2n) is 4.15. The molecule has 1 unspecified atom stereocenters. The van der Waals surface area contributed by atoms with Crippen molar-refractivity contribution in [2.75, 3.05) is 11.4 Å². The van der Waals surface area contributed by atoms with E-state index in [1.165, 1.54) is 0 Å². The van der Waals surface area contributed by atoms with E-state index in [2.05, 4.69) is 0 Å². The largest absolute Gasteiger partial charge is 0.370 e. The second-order valence-corrected chi connectivity index (χ2v) is 4.15. The predicted molar refractivity (Wildman–Crippen MR) is 71.5 cm³/mol. The minimum Gasteiger partial charge on any atom is -0.370 e. The van der Waals surface area contributed by atoms with Gasteiger partial charge in [0.2, 0.25) is 11.8 Å². The Morgan fingerprint density at radius 1 is 1.33 bits per heavy atom. The van der Waals surface area contributed by atoms with Crippen LogP contribution in [0.4, 0.5) is 5.69 Å². The van der Waals surface area contributed by atoms with E-state index in [1.54, 1.807) is 4.90 Å². The van der Waals surface area contributed by atoms with Crippen molar-refractivity contribution in [2.45, 2.75) is 18.9 Å². The number of carbonyl (C=O) groups excluding carboxylic acids is 2. The zero-order valence-electron chi connectivity index (χ0n) is 9.83. The number of hydrogen-bond donors (Lipinski definition) is 2. The fourth-order valence-electron chi connectivity index (χ4n) is 2.07. The summed E-state index contributed by atoms with van der Waals surface area (Å²) in [6, 6.07) is 6.85. The number of amides is 2. The van der Waals surface area contributed by atoms with E-state index in [9.17, 15) is 9.59 Å². The van der Waals surface area contributed by atoms with Crippen molar-refractivity contribution in [3.05, 3.63) is 29.8 Å². The zero-order chi connectivity index (χ0) is 12.4. The van der Waals surface area contributed by atoms with Gasteiger partial charge in [-0.1, -0.05) is 18.2 Å². The number of carbonyl (C=O) groups is 2. The van der Waals surface area contributed by atoms with Crippen LogP contribution < -0.4 is 16.4 Å². The van der Waals surface area contributed by atoms with Crippen molar-refractivity contribution in [3.8, 4) is 0 Å². The van der Waals surface area contributed by atoms with Gasteiger partial charge in [-0.2, -0.15) is 0 Å². The SMILES string of the molecule is Cl.NC(=O)CC(N)C(=O)N1CCc2ccccc21. The lowest BCUT2D eigenvalue weighted by atomic mass is 10.1. The first-order valence-corrected chi connectivity index (χ1v) is 5.53. The number of nitrogens with zero attached hydrogens (tertiary/aromatic N) is 1. The van der Waals surface area contributed by atoms with E-state index in [1.807, 2.05) is 24.3 Å². The number of anilines is 1. The number of halogens is 1. The molecule has 2 amide bonds. The van der Waals surface area contributed by atoms with E-state index in [0.717, 1.165) is 17.7 Å². The van der Waals surface area contributed by atoms with Crippen molar-refractivity contribution in [1.29, 1.82) is 0 Å². The predicted octanol–water partition coefficient (Wildman–Crippen LogP) is 0.200. The number of fused-ring (bicyclic) bond motifs is 1. The average Bonchev–Trinajstić information content (AvgIpc) is 2.70. The van der Waals surface area contributed by atoms with Crippen LogP contribution in [0.25, 0.3) is 0 Å². The van der Waals surface area contributed by atoms with Gasteiger partial charge in [0.1, 0.15) is 0 Å². The minimum absolute atomic E-state index is 0. The Morgan fingerprint density at radius 3 is 2.67 bits per heavy atom. The fourth-order valence-corrected chi connectivity index (χ4v) is 2.07. The van der Waals surface area contributed by atoms with Gasteiger partial charge in [-0.05, 0) is 18.1 Å². The van der Waals surface area contributed by atoms with Crippen LogP contribution >= 0.6 is 12.4 Å². The number of rotatable bonds is 3. The van der Waals surface area contributed by atoms with Crippen LogP contribution in [-0.4, -0.2) is 24.4 Å². The number of hydrogen-bond acceptors (Lipinski definition) is 3. The molecule has 98 valence electrons. The maximum atomic E-state index is 12.0. The highest BCUT2D eigenvalue weighted by Gasteiger charge is 2.28. The Balaban J connectivity index is 0.00000162. The average molecular weight is 270 g/mol. The Morgan fingerprint density at radius 2 is 2.00 bits per heavy atom. The molecule has 0 spiro atoms. The summed E-state index contributed by atoms with van der Waals surface area (Å²) in [4.78, 5) is 24.4. The van der Waals surface area contributed by atoms with E-state index in [-0.39, 0.29) is 24.7 Å². The Hall–Kier alpha value is -1.59. The molecule has 1 heterocycles. The van der Waals surface area contributed by atoms with E-state index in [4.69, 9.17) is 11.5 Å². The Bertz CT molecular complexity index is 464. The van der Waals surface area contributed by atoms with Crippen LogP contribution in [0.15, 0.2) is 24.3 Å². The molecule has 1 atom stereocenters. The standard InChI is InChI=1S/C12H15N3O2.ClH/c13-9(7-11(14)16)12(17)15-6-5-8-3-1-2-4-10(8)15;/h1-4,9H,5-7,13H2,(H2,14,16);1H. The molecule has 4 N–H and O–H groups in total. The molecule has 0 saturated carbocycles. The van der Waals surface area contributed by atoms with Gasteiger partial charge in [0.15, 0.2) is 0 Å². The van der Waals surface area contributed by atoms with Gasteiger partial charge in [0.25, 0.3) is 0 Å². The summed E-state index contributed by atoms with van der Waals surface area (Å²) in [6.07, 6.45) is 0.711. The van der Waals surface area contributed by atoms with Crippen molar-refractivity contribution < 1.29 is 9.59 Å². The topological polar surface area (TPSA) is 89.4 Å². The number of nitrogens with two attached hydrogens (primary N) is 2. The first-order chi connectivity index (χ1) is 8.09. The quantitative estimate of drug-likeness (QED) is 0.821. The third-order valence-corrected chi connectivity index (χ3v) is 2.89. The maximum Gasteiger partial charge on any atom is 0.244 e. The number of para-hydroxylation sites is 1. The van der Waals surface area contributed by atoms with E-state index >= 15 is 0 Å². The smallest absolute Gasteiger partial charge is 0.244 e. The molecule has 0 bridgehead atoms. The van der Waals surface area contributed by atoms with Crippen LogP contribution in [0, 0.1) is 0 Å². The number of primary amides is 1. The summed E-state index contributed by atoms with van der Waals surface area (Å²) < 4.78 is 0.